The van der Waals surface area contributed by atoms with E-state index in [2.05, 4.69) is 51.8 Å². The molecule has 1 fully saturated rings. The van der Waals surface area contributed by atoms with Gasteiger partial charge in [0.25, 0.3) is 0 Å². The van der Waals surface area contributed by atoms with E-state index in [4.69, 9.17) is 0 Å². The topological polar surface area (TPSA) is 32.6 Å². The molecule has 2 aromatic heterocycles. The molecule has 0 radical (unpaired) electrons. The molecule has 0 aromatic carbocycles. The predicted molar refractivity (Wildman–Crippen MR) is 72.7 cm³/mol. The maximum Gasteiger partial charge on any atom is 0.137 e. The van der Waals surface area contributed by atoms with Crippen LogP contribution in [0.25, 0.3) is 5.65 Å². The molecule has 3 heterocycles. The third kappa shape index (κ3) is 2.02. The molecule has 4 nitrogen and oxygen atoms in total. The quantitative estimate of drug-likeness (QED) is 0.867. The van der Waals surface area contributed by atoms with E-state index in [1.54, 1.807) is 0 Å². The van der Waals surface area contributed by atoms with E-state index in [0.29, 0.717) is 6.04 Å². The van der Waals surface area contributed by atoms with Gasteiger partial charge in [-0.25, -0.2) is 4.98 Å². The lowest BCUT2D eigenvalue weighted by Crippen LogP contribution is -2.49. The van der Waals surface area contributed by atoms with Gasteiger partial charge in [0.15, 0.2) is 0 Å². The van der Waals surface area contributed by atoms with E-state index >= 15 is 0 Å². The first-order chi connectivity index (χ1) is 8.75. The second-order valence-electron chi connectivity index (χ2n) is 5.10. The average Bonchev–Trinajstić information content (AvgIpc) is 2.69. The molecule has 18 heavy (non-hydrogen) atoms. The van der Waals surface area contributed by atoms with Crippen LogP contribution in [0.2, 0.25) is 0 Å². The molecule has 0 unspecified atom stereocenters. The average molecular weight is 244 g/mol. The van der Waals surface area contributed by atoms with E-state index in [1.807, 2.05) is 6.07 Å². The van der Waals surface area contributed by atoms with Crippen LogP contribution in [0.3, 0.4) is 0 Å². The summed E-state index contributed by atoms with van der Waals surface area (Å²) >= 11 is 0. The second kappa shape index (κ2) is 4.71. The van der Waals surface area contributed by atoms with E-state index in [0.717, 1.165) is 37.5 Å². The van der Waals surface area contributed by atoms with Crippen molar-refractivity contribution < 1.29 is 0 Å². The predicted octanol–water partition coefficient (Wildman–Crippen LogP) is 1.44. The maximum absolute atomic E-state index is 4.62. The van der Waals surface area contributed by atoms with Gasteiger partial charge in [0.2, 0.25) is 0 Å². The fourth-order valence-electron chi connectivity index (χ4n) is 2.67. The number of nitrogens with zero attached hydrogens (tertiary/aromatic N) is 3. The molecule has 0 aliphatic carbocycles. The van der Waals surface area contributed by atoms with Gasteiger partial charge in [-0.05, 0) is 26.0 Å². The fraction of sp³-hybridized carbons (Fsp3) is 0.500. The molecule has 1 atom stereocenters. The van der Waals surface area contributed by atoms with Crippen molar-refractivity contribution in [1.82, 2.24) is 19.6 Å². The molecule has 1 aliphatic rings. The van der Waals surface area contributed by atoms with Gasteiger partial charge in [0.05, 0.1) is 11.4 Å². The van der Waals surface area contributed by atoms with Crippen LogP contribution in [-0.2, 0) is 6.54 Å². The van der Waals surface area contributed by atoms with Gasteiger partial charge in [-0.1, -0.05) is 6.07 Å². The molecule has 1 saturated heterocycles. The number of fused-ring (bicyclic) bond motifs is 1. The highest BCUT2D eigenvalue weighted by molar-refractivity contribution is 5.42. The summed E-state index contributed by atoms with van der Waals surface area (Å²) in [6.07, 6.45) is 2.11. The molecular formula is C14H20N4. The van der Waals surface area contributed by atoms with Crippen LogP contribution >= 0.6 is 0 Å². The van der Waals surface area contributed by atoms with Crippen LogP contribution in [0.15, 0.2) is 24.4 Å². The molecule has 0 spiro atoms. The lowest BCUT2D eigenvalue weighted by Gasteiger charge is -2.33. The van der Waals surface area contributed by atoms with Gasteiger partial charge < -0.3 is 9.72 Å². The summed E-state index contributed by atoms with van der Waals surface area (Å²) in [5.74, 6) is 0. The van der Waals surface area contributed by atoms with Gasteiger partial charge in [-0.15, -0.1) is 0 Å². The summed E-state index contributed by atoms with van der Waals surface area (Å²) in [5, 5.41) is 3.43. The van der Waals surface area contributed by atoms with Gasteiger partial charge >= 0.3 is 0 Å². The normalized spacial score (nSPS) is 21.6. The minimum Gasteiger partial charge on any atom is -0.314 e. The number of rotatable bonds is 2. The van der Waals surface area contributed by atoms with Gasteiger partial charge in [-0.2, -0.15) is 0 Å². The highest BCUT2D eigenvalue weighted by Gasteiger charge is 2.20. The summed E-state index contributed by atoms with van der Waals surface area (Å²) in [7, 11) is 0. The van der Waals surface area contributed by atoms with Crippen molar-refractivity contribution in [3.8, 4) is 0 Å². The standard InChI is InChI=1S/C14H20N4/c1-11-9-15-6-8-17(11)10-13-12(2)16-14-5-3-4-7-18(13)14/h3-5,7,11,15H,6,8-10H2,1-2H3/t11-/m0/s1. The van der Waals surface area contributed by atoms with Gasteiger partial charge in [-0.3, -0.25) is 4.90 Å². The first-order valence-electron chi connectivity index (χ1n) is 6.63. The summed E-state index contributed by atoms with van der Waals surface area (Å²) < 4.78 is 2.21. The Morgan fingerprint density at radius 1 is 1.44 bits per heavy atom. The Morgan fingerprint density at radius 2 is 2.33 bits per heavy atom. The van der Waals surface area contributed by atoms with Crippen LogP contribution in [0.4, 0.5) is 0 Å². The monoisotopic (exact) mass is 244 g/mol. The van der Waals surface area contributed by atoms with E-state index in [1.165, 1.54) is 5.69 Å². The Balaban J connectivity index is 1.92. The Labute approximate surface area is 108 Å². The molecule has 1 aliphatic heterocycles. The number of piperazine rings is 1. The molecule has 0 amide bonds. The third-order valence-electron chi connectivity index (χ3n) is 3.82. The summed E-state index contributed by atoms with van der Waals surface area (Å²) in [6.45, 7) is 8.65. The zero-order valence-electron chi connectivity index (χ0n) is 11.1. The number of hydrogen-bond acceptors (Lipinski definition) is 3. The summed E-state index contributed by atoms with van der Waals surface area (Å²) in [5.41, 5.74) is 3.51. The molecule has 2 aromatic rings. The largest absolute Gasteiger partial charge is 0.314 e. The molecule has 1 N–H and O–H groups in total. The minimum absolute atomic E-state index is 0.590. The molecule has 0 bridgehead atoms. The number of aryl methyl sites for hydroxylation is 1. The van der Waals surface area contributed by atoms with Crippen molar-refractivity contribution in [1.29, 1.82) is 0 Å². The number of aromatic nitrogens is 2. The minimum atomic E-state index is 0.590. The highest BCUT2D eigenvalue weighted by Crippen LogP contribution is 2.16. The zero-order chi connectivity index (χ0) is 12.5. The van der Waals surface area contributed by atoms with Gasteiger partial charge in [0.1, 0.15) is 5.65 Å². The number of pyridine rings is 1. The first-order valence-corrected chi connectivity index (χ1v) is 6.63. The number of hydrogen-bond donors (Lipinski definition) is 1. The van der Waals surface area contributed by atoms with Crippen molar-refractivity contribution in [3.05, 3.63) is 35.8 Å². The first kappa shape index (κ1) is 11.7. The number of imidazole rings is 1. The smallest absolute Gasteiger partial charge is 0.137 e. The van der Waals surface area contributed by atoms with E-state index in [9.17, 15) is 0 Å². The molecule has 4 heteroatoms. The Morgan fingerprint density at radius 3 is 3.17 bits per heavy atom. The van der Waals surface area contributed by atoms with Crippen LogP contribution in [-0.4, -0.2) is 40.0 Å². The molecule has 0 saturated carbocycles. The SMILES string of the molecule is Cc1nc2ccccn2c1CN1CCNC[C@@H]1C. The van der Waals surface area contributed by atoms with Crippen molar-refractivity contribution >= 4 is 5.65 Å². The highest BCUT2D eigenvalue weighted by atomic mass is 15.2. The van der Waals surface area contributed by atoms with Crippen molar-refractivity contribution in [2.24, 2.45) is 0 Å². The second-order valence-corrected chi connectivity index (χ2v) is 5.10. The lowest BCUT2D eigenvalue weighted by atomic mass is 10.2. The molecule has 3 rings (SSSR count). The summed E-state index contributed by atoms with van der Waals surface area (Å²) in [6, 6.07) is 6.77. The van der Waals surface area contributed by atoms with Crippen molar-refractivity contribution in [3.63, 3.8) is 0 Å². The Kier molecular flexibility index (Phi) is 3.06. The van der Waals surface area contributed by atoms with Gasteiger partial charge in [0, 0.05) is 38.4 Å². The van der Waals surface area contributed by atoms with Crippen LogP contribution in [0, 0.1) is 6.92 Å². The lowest BCUT2D eigenvalue weighted by molar-refractivity contribution is 0.163. The van der Waals surface area contributed by atoms with Crippen molar-refractivity contribution in [2.45, 2.75) is 26.4 Å². The molecular weight excluding hydrogens is 224 g/mol. The Bertz CT molecular complexity index is 546. The van der Waals surface area contributed by atoms with Crippen LogP contribution < -0.4 is 5.32 Å². The van der Waals surface area contributed by atoms with E-state index < -0.39 is 0 Å². The maximum atomic E-state index is 4.62. The summed E-state index contributed by atoms with van der Waals surface area (Å²) in [4.78, 5) is 7.15. The van der Waals surface area contributed by atoms with E-state index in [-0.39, 0.29) is 0 Å². The number of nitrogens with one attached hydrogen (secondary N) is 1. The van der Waals surface area contributed by atoms with Crippen LogP contribution in [0.5, 0.6) is 0 Å². The third-order valence-corrected chi connectivity index (χ3v) is 3.82. The molecule has 96 valence electrons. The Hall–Kier alpha value is -1.39. The van der Waals surface area contributed by atoms with Crippen molar-refractivity contribution in [2.75, 3.05) is 19.6 Å². The van der Waals surface area contributed by atoms with Crippen LogP contribution in [0.1, 0.15) is 18.3 Å². The zero-order valence-corrected chi connectivity index (χ0v) is 11.1. The fourth-order valence-corrected chi connectivity index (χ4v) is 2.67.